The third-order valence-electron chi connectivity index (χ3n) is 5.46. The van der Waals surface area contributed by atoms with Gasteiger partial charge in [-0.25, -0.2) is 4.79 Å². The number of rotatable bonds is 15. The summed E-state index contributed by atoms with van der Waals surface area (Å²) in [6.07, 6.45) is 15.9. The lowest BCUT2D eigenvalue weighted by Gasteiger charge is -2.08. The van der Waals surface area contributed by atoms with Crippen LogP contribution in [0.2, 0.25) is 0 Å². The van der Waals surface area contributed by atoms with Crippen molar-refractivity contribution in [1.82, 2.24) is 4.57 Å². The van der Waals surface area contributed by atoms with Gasteiger partial charge in [0.15, 0.2) is 5.88 Å². The minimum atomic E-state index is -0.401. The van der Waals surface area contributed by atoms with Crippen molar-refractivity contribution in [2.24, 2.45) is 0 Å². The molecular formula is C27H37NO4. The van der Waals surface area contributed by atoms with Crippen molar-refractivity contribution in [2.75, 3.05) is 6.61 Å². The Balaban J connectivity index is 1.88. The summed E-state index contributed by atoms with van der Waals surface area (Å²) in [5.74, 6) is -0.298. The molecule has 0 aliphatic heterocycles. The Morgan fingerprint density at radius 1 is 1.03 bits per heavy atom. The number of carbonyl (C=O) groups is 1. The molecule has 1 aromatic carbocycles. The topological polar surface area (TPSA) is 71.7 Å². The van der Waals surface area contributed by atoms with E-state index in [-0.39, 0.29) is 11.8 Å². The van der Waals surface area contributed by atoms with Crippen LogP contribution in [0.4, 0.5) is 0 Å². The molecule has 0 spiro atoms. The Bertz CT molecular complexity index is 865. The minimum absolute atomic E-state index is 0.0196. The van der Waals surface area contributed by atoms with Crippen LogP contribution in [0.5, 0.6) is 11.8 Å². The van der Waals surface area contributed by atoms with Crippen molar-refractivity contribution in [3.05, 3.63) is 60.2 Å². The van der Waals surface area contributed by atoms with Gasteiger partial charge in [-0.3, -0.25) is 4.57 Å². The lowest BCUT2D eigenvalue weighted by molar-refractivity contribution is -0.137. The van der Waals surface area contributed by atoms with Crippen LogP contribution in [0.25, 0.3) is 11.8 Å². The van der Waals surface area contributed by atoms with Crippen LogP contribution in [-0.4, -0.2) is 27.4 Å². The second kappa shape index (κ2) is 14.2. The minimum Gasteiger partial charge on any atom is -0.494 e. The second-order valence-electron chi connectivity index (χ2n) is 8.08. The zero-order chi connectivity index (χ0) is 23.2. The quantitative estimate of drug-likeness (QED) is 0.140. The molecule has 2 rings (SSSR count). The molecular weight excluding hydrogens is 402 g/mol. The summed E-state index contributed by atoms with van der Waals surface area (Å²) in [6, 6.07) is 8.87. The van der Waals surface area contributed by atoms with E-state index in [0.29, 0.717) is 18.7 Å². The second-order valence-corrected chi connectivity index (χ2v) is 8.08. The van der Waals surface area contributed by atoms with E-state index in [4.69, 9.17) is 4.74 Å². The predicted octanol–water partition coefficient (Wildman–Crippen LogP) is 6.70. The van der Waals surface area contributed by atoms with Crippen molar-refractivity contribution in [3.63, 3.8) is 0 Å². The van der Waals surface area contributed by atoms with E-state index in [1.54, 1.807) is 30.4 Å². The molecule has 1 aromatic heterocycles. The molecule has 0 aliphatic rings. The molecule has 0 aliphatic carbocycles. The molecule has 0 atom stereocenters. The summed E-state index contributed by atoms with van der Waals surface area (Å²) in [6.45, 7) is 6.13. The fourth-order valence-corrected chi connectivity index (χ4v) is 3.61. The lowest BCUT2D eigenvalue weighted by atomic mass is 10.1. The Kier molecular flexibility index (Phi) is 11.2. The molecule has 0 bridgehead atoms. The van der Waals surface area contributed by atoms with Gasteiger partial charge in [-0.15, -0.1) is 6.58 Å². The number of aromatic nitrogens is 1. The van der Waals surface area contributed by atoms with Crippen molar-refractivity contribution < 1.29 is 19.7 Å². The number of nitrogens with zero attached hydrogens (tertiary/aromatic N) is 1. The van der Waals surface area contributed by atoms with E-state index in [9.17, 15) is 15.0 Å². The highest BCUT2D eigenvalue weighted by Gasteiger charge is 2.15. The van der Waals surface area contributed by atoms with Gasteiger partial charge in [-0.1, -0.05) is 70.1 Å². The number of esters is 1. The van der Waals surface area contributed by atoms with Crippen LogP contribution >= 0.6 is 0 Å². The van der Waals surface area contributed by atoms with Crippen molar-refractivity contribution in [3.8, 4) is 17.4 Å². The first-order valence-electron chi connectivity index (χ1n) is 11.8. The molecule has 2 N–H and O–H groups in total. The Hall–Kier alpha value is -2.95. The highest BCUT2D eigenvalue weighted by molar-refractivity contribution is 5.87. The van der Waals surface area contributed by atoms with Gasteiger partial charge >= 0.3 is 5.97 Å². The fraction of sp³-hybridized carbons (Fsp3) is 0.444. The van der Waals surface area contributed by atoms with Gasteiger partial charge in [-0.05, 0) is 43.0 Å². The third-order valence-corrected chi connectivity index (χ3v) is 5.46. The van der Waals surface area contributed by atoms with Crippen molar-refractivity contribution >= 4 is 12.0 Å². The van der Waals surface area contributed by atoms with Crippen LogP contribution in [0.1, 0.15) is 75.8 Å². The number of ether oxygens (including phenoxy) is 1. The first-order valence-corrected chi connectivity index (χ1v) is 11.8. The predicted molar refractivity (Wildman–Crippen MR) is 130 cm³/mol. The zero-order valence-corrected chi connectivity index (χ0v) is 19.3. The van der Waals surface area contributed by atoms with E-state index < -0.39 is 5.97 Å². The van der Waals surface area contributed by atoms with Crippen LogP contribution in [0.15, 0.2) is 49.1 Å². The van der Waals surface area contributed by atoms with Crippen LogP contribution in [0.3, 0.4) is 0 Å². The van der Waals surface area contributed by atoms with Gasteiger partial charge < -0.3 is 14.9 Å². The molecule has 174 valence electrons. The molecule has 0 radical (unpaired) electrons. The first kappa shape index (κ1) is 25.3. The van der Waals surface area contributed by atoms with E-state index in [1.165, 1.54) is 49.2 Å². The van der Waals surface area contributed by atoms with E-state index in [1.807, 2.05) is 12.1 Å². The summed E-state index contributed by atoms with van der Waals surface area (Å²) in [4.78, 5) is 11.6. The molecule has 1 heterocycles. The first-order chi connectivity index (χ1) is 15.6. The van der Waals surface area contributed by atoms with Gasteiger partial charge in [0.2, 0.25) is 5.88 Å². The maximum Gasteiger partial charge on any atom is 0.330 e. The Labute approximate surface area is 192 Å². The standard InChI is InChI=1S/C27H37NO4/c1-3-5-7-8-9-10-11-12-13-23-21-25(29)28(27(23)31)24-17-14-22(15-18-24)16-19-26(30)32-20-6-4-2/h4,14-19,21,29,31H,2-3,5-13,20H2,1H3. The zero-order valence-electron chi connectivity index (χ0n) is 19.3. The largest absolute Gasteiger partial charge is 0.494 e. The van der Waals surface area contributed by atoms with E-state index in [2.05, 4.69) is 13.5 Å². The van der Waals surface area contributed by atoms with Gasteiger partial charge in [0.25, 0.3) is 0 Å². The number of hydrogen-bond donors (Lipinski definition) is 2. The van der Waals surface area contributed by atoms with Gasteiger partial charge in [-0.2, -0.15) is 0 Å². The molecule has 0 saturated heterocycles. The normalized spacial score (nSPS) is 11.2. The maximum atomic E-state index is 11.6. The van der Waals surface area contributed by atoms with Gasteiger partial charge in [0, 0.05) is 17.7 Å². The summed E-state index contributed by atoms with van der Waals surface area (Å²) in [5.41, 5.74) is 2.24. The average molecular weight is 440 g/mol. The highest BCUT2D eigenvalue weighted by Crippen LogP contribution is 2.32. The molecule has 0 unspecified atom stereocenters. The Morgan fingerprint density at radius 2 is 1.69 bits per heavy atom. The molecule has 0 saturated carbocycles. The summed E-state index contributed by atoms with van der Waals surface area (Å²) in [5, 5.41) is 21.0. The lowest BCUT2D eigenvalue weighted by Crippen LogP contribution is -2.01. The SMILES string of the molecule is C=CCCOC(=O)C=Cc1ccc(-n2c(O)cc(CCCCCCCCCC)c2O)cc1. The average Bonchev–Trinajstić information content (AvgIpc) is 3.07. The van der Waals surface area contributed by atoms with Crippen molar-refractivity contribution in [1.29, 1.82) is 0 Å². The Morgan fingerprint density at radius 3 is 2.34 bits per heavy atom. The van der Waals surface area contributed by atoms with Crippen LogP contribution in [0, 0.1) is 0 Å². The molecule has 2 aromatic rings. The van der Waals surface area contributed by atoms with Gasteiger partial charge in [0.05, 0.1) is 12.3 Å². The monoisotopic (exact) mass is 439 g/mol. The van der Waals surface area contributed by atoms with Crippen LogP contribution < -0.4 is 0 Å². The van der Waals surface area contributed by atoms with Crippen LogP contribution in [-0.2, 0) is 16.0 Å². The maximum absolute atomic E-state index is 11.6. The number of aryl methyl sites for hydroxylation is 1. The van der Waals surface area contributed by atoms with E-state index >= 15 is 0 Å². The molecule has 5 heteroatoms. The molecule has 32 heavy (non-hydrogen) atoms. The number of benzene rings is 1. The summed E-state index contributed by atoms with van der Waals surface area (Å²) in [7, 11) is 0. The van der Waals surface area contributed by atoms with E-state index in [0.717, 1.165) is 30.4 Å². The van der Waals surface area contributed by atoms with Gasteiger partial charge in [0.1, 0.15) is 0 Å². The molecule has 5 nitrogen and oxygen atoms in total. The molecule has 0 fully saturated rings. The number of aromatic hydroxyl groups is 2. The summed E-state index contributed by atoms with van der Waals surface area (Å²) >= 11 is 0. The fourth-order valence-electron chi connectivity index (χ4n) is 3.61. The smallest absolute Gasteiger partial charge is 0.330 e. The third kappa shape index (κ3) is 8.29. The number of carbonyl (C=O) groups excluding carboxylic acids is 1. The number of hydrogen-bond acceptors (Lipinski definition) is 4. The van der Waals surface area contributed by atoms with Crippen molar-refractivity contribution in [2.45, 2.75) is 71.1 Å². The molecule has 0 amide bonds. The highest BCUT2D eigenvalue weighted by atomic mass is 16.5. The number of unbranched alkanes of at least 4 members (excludes halogenated alkanes) is 7. The summed E-state index contributed by atoms with van der Waals surface area (Å²) < 4.78 is 6.48.